The molecule has 11 aromatic rings. The molecule has 66 heavy (non-hydrogen) atoms. The van der Waals surface area contributed by atoms with Gasteiger partial charge in [-0.05, 0) is 117 Å². The molecule has 0 N–H and O–H groups in total. The van der Waals surface area contributed by atoms with E-state index >= 15 is 0 Å². The number of alkyl halides is 3. The van der Waals surface area contributed by atoms with Crippen molar-refractivity contribution in [1.29, 1.82) is 0 Å². The van der Waals surface area contributed by atoms with E-state index in [2.05, 4.69) is 187 Å². The molecule has 316 valence electrons. The Hall–Kier alpha value is -8.09. The minimum absolute atomic E-state index is 0.175. The van der Waals surface area contributed by atoms with Crippen LogP contribution in [-0.4, -0.2) is 0 Å². The molecule has 0 bridgehead atoms. The first kappa shape index (κ1) is 38.4. The van der Waals surface area contributed by atoms with Crippen LogP contribution >= 0.6 is 0 Å². The highest BCUT2D eigenvalue weighted by atomic mass is 19.4. The minimum atomic E-state index is -4.60. The van der Waals surface area contributed by atoms with Gasteiger partial charge in [-0.25, -0.2) is 0 Å². The molecule has 1 aliphatic carbocycles. The SMILES string of the molecule is Cc1ccc(N(c2cc3c(c4ccccc24)-c2c(ccc4ccccc24)C32c3ccccc3N(c3ccccc3)c3ccccc32)c2cccc3c2oc2c(C(F)(F)F)cccc23)c(C)c1. The number of rotatable bonds is 4. The van der Waals surface area contributed by atoms with Gasteiger partial charge in [-0.3, -0.25) is 0 Å². The lowest BCUT2D eigenvalue weighted by Crippen LogP contribution is -2.36. The Labute approximate surface area is 379 Å². The number of benzene rings is 10. The largest absolute Gasteiger partial charge is 0.453 e. The molecule has 0 saturated heterocycles. The lowest BCUT2D eigenvalue weighted by atomic mass is 9.64. The Kier molecular flexibility index (Phi) is 8.11. The van der Waals surface area contributed by atoms with Crippen LogP contribution in [0.15, 0.2) is 205 Å². The molecule has 1 aliphatic heterocycles. The summed E-state index contributed by atoms with van der Waals surface area (Å²) in [4.78, 5) is 4.61. The molecule has 0 unspecified atom stereocenters. The smallest absolute Gasteiger partial charge is 0.420 e. The highest BCUT2D eigenvalue weighted by Gasteiger charge is 2.53. The lowest BCUT2D eigenvalue weighted by molar-refractivity contribution is -0.136. The summed E-state index contributed by atoms with van der Waals surface area (Å²) in [6, 6.07) is 68.8. The van der Waals surface area contributed by atoms with Gasteiger partial charge in [0.15, 0.2) is 5.58 Å². The van der Waals surface area contributed by atoms with Crippen LogP contribution in [0.5, 0.6) is 0 Å². The van der Waals surface area contributed by atoms with Crippen LogP contribution in [0.3, 0.4) is 0 Å². The first-order valence-corrected chi connectivity index (χ1v) is 22.3. The number of aryl methyl sites for hydroxylation is 2. The van der Waals surface area contributed by atoms with E-state index in [1.807, 2.05) is 18.2 Å². The molecule has 1 aromatic heterocycles. The summed E-state index contributed by atoms with van der Waals surface area (Å²) < 4.78 is 50.5. The number of anilines is 6. The van der Waals surface area contributed by atoms with Crippen molar-refractivity contribution in [1.82, 2.24) is 0 Å². The molecule has 6 heteroatoms. The maximum atomic E-state index is 14.7. The normalized spacial score (nSPS) is 13.6. The number of furan rings is 1. The number of halogens is 3. The second kappa shape index (κ2) is 14.0. The average Bonchev–Trinajstić information content (AvgIpc) is 3.87. The van der Waals surface area contributed by atoms with Crippen molar-refractivity contribution in [3.8, 4) is 11.1 Å². The van der Waals surface area contributed by atoms with E-state index in [-0.39, 0.29) is 5.58 Å². The van der Waals surface area contributed by atoms with Crippen molar-refractivity contribution in [3.05, 3.63) is 239 Å². The summed E-state index contributed by atoms with van der Waals surface area (Å²) in [5, 5.41) is 5.43. The predicted octanol–water partition coefficient (Wildman–Crippen LogP) is 17.1. The first-order valence-electron chi connectivity index (χ1n) is 22.3. The number of fused-ring (bicyclic) bond motifs is 16. The highest BCUT2D eigenvalue weighted by Crippen LogP contribution is 2.66. The van der Waals surface area contributed by atoms with E-state index in [1.165, 1.54) is 22.6 Å². The molecule has 0 radical (unpaired) electrons. The second-order valence-corrected chi connectivity index (χ2v) is 17.6. The van der Waals surface area contributed by atoms with Crippen LogP contribution in [0.2, 0.25) is 0 Å². The topological polar surface area (TPSA) is 19.6 Å². The van der Waals surface area contributed by atoms with E-state index in [9.17, 15) is 13.2 Å². The van der Waals surface area contributed by atoms with Crippen LogP contribution in [0.1, 0.15) is 38.9 Å². The molecule has 13 rings (SSSR count). The van der Waals surface area contributed by atoms with Gasteiger partial charge >= 0.3 is 6.18 Å². The first-order chi connectivity index (χ1) is 32.2. The van der Waals surface area contributed by atoms with E-state index in [1.54, 1.807) is 6.07 Å². The Bertz CT molecular complexity index is 3760. The monoisotopic (exact) mass is 860 g/mol. The van der Waals surface area contributed by atoms with Crippen LogP contribution in [-0.2, 0) is 11.6 Å². The second-order valence-electron chi connectivity index (χ2n) is 17.6. The van der Waals surface area contributed by atoms with Crippen molar-refractivity contribution < 1.29 is 17.6 Å². The van der Waals surface area contributed by atoms with Gasteiger partial charge in [0.1, 0.15) is 5.58 Å². The van der Waals surface area contributed by atoms with Gasteiger partial charge in [-0.15, -0.1) is 0 Å². The molecule has 2 aliphatic rings. The van der Waals surface area contributed by atoms with Crippen molar-refractivity contribution >= 4 is 77.6 Å². The van der Waals surface area contributed by atoms with Gasteiger partial charge < -0.3 is 14.2 Å². The van der Waals surface area contributed by atoms with Gasteiger partial charge in [0, 0.05) is 27.5 Å². The van der Waals surface area contributed by atoms with Gasteiger partial charge in [-0.1, -0.05) is 157 Å². The predicted molar refractivity (Wildman–Crippen MR) is 263 cm³/mol. The van der Waals surface area contributed by atoms with Crippen LogP contribution in [0.25, 0.3) is 54.6 Å². The Morgan fingerprint density at radius 1 is 0.455 bits per heavy atom. The Morgan fingerprint density at radius 2 is 1.06 bits per heavy atom. The van der Waals surface area contributed by atoms with Crippen LogP contribution in [0, 0.1) is 13.8 Å². The molecule has 0 saturated carbocycles. The molecule has 2 heterocycles. The lowest BCUT2D eigenvalue weighted by Gasteiger charge is -2.45. The highest BCUT2D eigenvalue weighted by molar-refractivity contribution is 6.18. The van der Waals surface area contributed by atoms with Gasteiger partial charge in [-0.2, -0.15) is 13.2 Å². The summed E-state index contributed by atoms with van der Waals surface area (Å²) in [5.41, 5.74) is 13.4. The molecule has 0 fully saturated rings. The maximum absolute atomic E-state index is 14.7. The summed E-state index contributed by atoms with van der Waals surface area (Å²) in [7, 11) is 0. The summed E-state index contributed by atoms with van der Waals surface area (Å²) in [5.74, 6) is 0. The number of para-hydroxylation sites is 5. The fourth-order valence-electron chi connectivity index (χ4n) is 11.4. The third kappa shape index (κ3) is 5.21. The molecular formula is C60H39F3N2O. The van der Waals surface area contributed by atoms with Crippen molar-refractivity contribution in [2.45, 2.75) is 25.4 Å². The molecule has 0 atom stereocenters. The molecular weight excluding hydrogens is 822 g/mol. The summed E-state index contributed by atoms with van der Waals surface area (Å²) in [6.07, 6.45) is -4.60. The van der Waals surface area contributed by atoms with Crippen molar-refractivity contribution in [2.24, 2.45) is 0 Å². The van der Waals surface area contributed by atoms with E-state index in [0.717, 1.165) is 84.0 Å². The number of hydrogen-bond acceptors (Lipinski definition) is 3. The molecule has 0 amide bonds. The van der Waals surface area contributed by atoms with Gasteiger partial charge in [0.05, 0.1) is 33.7 Å². The Balaban J connectivity index is 1.21. The fraction of sp³-hybridized carbons (Fsp3) is 0.0667. The number of hydrogen-bond donors (Lipinski definition) is 0. The minimum Gasteiger partial charge on any atom is -0.453 e. The third-order valence-electron chi connectivity index (χ3n) is 14.0. The molecule has 1 spiro atoms. The zero-order valence-corrected chi connectivity index (χ0v) is 36.0. The summed E-state index contributed by atoms with van der Waals surface area (Å²) >= 11 is 0. The fourth-order valence-corrected chi connectivity index (χ4v) is 11.4. The van der Waals surface area contributed by atoms with Crippen LogP contribution in [0.4, 0.5) is 47.3 Å². The maximum Gasteiger partial charge on any atom is 0.420 e. The van der Waals surface area contributed by atoms with Crippen molar-refractivity contribution in [3.63, 3.8) is 0 Å². The van der Waals surface area contributed by atoms with Crippen LogP contribution < -0.4 is 9.80 Å². The number of nitrogens with zero attached hydrogens (tertiary/aromatic N) is 2. The molecule has 3 nitrogen and oxygen atoms in total. The van der Waals surface area contributed by atoms with Crippen molar-refractivity contribution in [2.75, 3.05) is 9.80 Å². The van der Waals surface area contributed by atoms with E-state index in [0.29, 0.717) is 22.0 Å². The van der Waals surface area contributed by atoms with E-state index < -0.39 is 17.2 Å². The Morgan fingerprint density at radius 3 is 1.79 bits per heavy atom. The average molecular weight is 861 g/mol. The quantitative estimate of drug-likeness (QED) is 0.176. The van der Waals surface area contributed by atoms with Gasteiger partial charge in [0.2, 0.25) is 0 Å². The standard InChI is InChI=1S/C60H39F3N2O/c1-36-30-33-50(37(2)34-36)65(53-29-15-23-44-43-22-14-26-48(60(61,62)63)57(43)66-58(44)53)54-35-49-56(42-21-9-8-20-41(42)54)55-40-19-7-6-16-38(40)31-32-47(55)59(49)45-24-10-12-27-51(45)64(39-17-4-3-5-18-39)52-28-13-11-25-46(52)59/h3-35H,1-2H3. The zero-order chi connectivity index (χ0) is 44.5. The zero-order valence-electron chi connectivity index (χ0n) is 36.0. The van der Waals surface area contributed by atoms with Gasteiger partial charge in [0.25, 0.3) is 0 Å². The summed E-state index contributed by atoms with van der Waals surface area (Å²) in [6.45, 7) is 4.17. The molecule has 10 aromatic carbocycles. The third-order valence-corrected chi connectivity index (χ3v) is 14.0. The van der Waals surface area contributed by atoms with E-state index in [4.69, 9.17) is 4.42 Å².